The second-order valence-corrected chi connectivity index (χ2v) is 14.7. The van der Waals surface area contributed by atoms with Gasteiger partial charge in [-0.1, -0.05) is 39.3 Å². The van der Waals surface area contributed by atoms with Crippen LogP contribution in [0.1, 0.15) is 87.5 Å². The molecule has 8 heteroatoms. The summed E-state index contributed by atoms with van der Waals surface area (Å²) < 4.78 is 5.23. The van der Waals surface area contributed by atoms with Crippen molar-refractivity contribution in [2.45, 2.75) is 111 Å². The maximum absolute atomic E-state index is 14.4. The highest BCUT2D eigenvalue weighted by Gasteiger charge is 2.75. The van der Waals surface area contributed by atoms with Gasteiger partial charge >= 0.3 is 5.97 Å². The van der Waals surface area contributed by atoms with Crippen molar-refractivity contribution in [2.75, 3.05) is 6.61 Å². The minimum Gasteiger partial charge on any atom is -0.456 e. The lowest BCUT2D eigenvalue weighted by molar-refractivity contribution is -0.191. The van der Waals surface area contributed by atoms with E-state index < -0.39 is 62.7 Å². The molecule has 4 aliphatic carbocycles. The minimum atomic E-state index is -2.00. The van der Waals surface area contributed by atoms with Crippen molar-refractivity contribution >= 4 is 17.5 Å². The Hall–Kier alpha value is -1.87. The summed E-state index contributed by atoms with van der Waals surface area (Å²) in [5.74, 6) is -2.70. The van der Waals surface area contributed by atoms with Crippen LogP contribution in [0.25, 0.3) is 0 Å². The zero-order valence-corrected chi connectivity index (χ0v) is 25.3. The molecule has 0 aromatic carbocycles. The molecule has 0 aromatic rings. The molecule has 3 fully saturated rings. The molecule has 0 aliphatic heterocycles. The van der Waals surface area contributed by atoms with Gasteiger partial charge in [0.05, 0.1) is 24.2 Å². The lowest BCUT2D eigenvalue weighted by atomic mass is 9.38. The second kappa shape index (κ2) is 9.58. The highest BCUT2D eigenvalue weighted by Crippen LogP contribution is 2.74. The van der Waals surface area contributed by atoms with E-state index in [1.54, 1.807) is 13.8 Å². The molecule has 9 atom stereocenters. The third-order valence-electron chi connectivity index (χ3n) is 11.7. The summed E-state index contributed by atoms with van der Waals surface area (Å²) in [5, 5.41) is 45.1. The largest absolute Gasteiger partial charge is 0.456 e. The molecule has 0 heterocycles. The summed E-state index contributed by atoms with van der Waals surface area (Å²) in [7, 11) is 0. The zero-order chi connectivity index (χ0) is 30.3. The van der Waals surface area contributed by atoms with Crippen LogP contribution in [0.3, 0.4) is 0 Å². The van der Waals surface area contributed by atoms with Gasteiger partial charge in [-0.3, -0.25) is 14.4 Å². The van der Waals surface area contributed by atoms with Gasteiger partial charge in [-0.15, -0.1) is 0 Å². The van der Waals surface area contributed by atoms with E-state index in [-0.39, 0.29) is 37.1 Å². The summed E-state index contributed by atoms with van der Waals surface area (Å²) in [6, 6.07) is 0. The third-order valence-corrected chi connectivity index (χ3v) is 11.7. The number of Topliss-reactive ketones (excluding diaryl/α,β-unsaturated/α-hetero) is 1. The Kier molecular flexibility index (Phi) is 7.44. The first-order chi connectivity index (χ1) is 18.2. The molecule has 3 saturated carbocycles. The maximum atomic E-state index is 14.4. The Balaban J connectivity index is 1.76. The van der Waals surface area contributed by atoms with Gasteiger partial charge < -0.3 is 25.2 Å². The summed E-state index contributed by atoms with van der Waals surface area (Å²) in [4.78, 5) is 39.3. The Labute approximate surface area is 237 Å². The molecule has 0 saturated heterocycles. The Morgan fingerprint density at radius 3 is 2.30 bits per heavy atom. The van der Waals surface area contributed by atoms with E-state index in [4.69, 9.17) is 4.74 Å². The lowest BCUT2D eigenvalue weighted by Gasteiger charge is -2.65. The van der Waals surface area contributed by atoms with Crippen LogP contribution < -0.4 is 0 Å². The highest BCUT2D eigenvalue weighted by atomic mass is 16.6. The molecule has 40 heavy (non-hydrogen) atoms. The number of allylic oxidation sites excluding steroid dienone is 1. The summed E-state index contributed by atoms with van der Waals surface area (Å²) in [5.41, 5.74) is -5.21. The normalized spacial score (nSPS) is 42.4. The van der Waals surface area contributed by atoms with Crippen molar-refractivity contribution in [3.63, 3.8) is 0 Å². The second-order valence-electron chi connectivity index (χ2n) is 14.7. The quantitative estimate of drug-likeness (QED) is 0.220. The van der Waals surface area contributed by atoms with Gasteiger partial charge in [0.2, 0.25) is 0 Å². The number of esters is 1. The maximum Gasteiger partial charge on any atom is 0.303 e. The predicted molar refractivity (Wildman–Crippen MR) is 149 cm³/mol. The molecule has 224 valence electrons. The molecule has 9 unspecified atom stereocenters. The number of hydrogen-bond acceptors (Lipinski definition) is 8. The van der Waals surface area contributed by atoms with Gasteiger partial charge in [-0.25, -0.2) is 0 Å². The average molecular weight is 561 g/mol. The summed E-state index contributed by atoms with van der Waals surface area (Å²) in [6.45, 7) is 13.5. The van der Waals surface area contributed by atoms with Crippen LogP contribution in [0.5, 0.6) is 0 Å². The van der Waals surface area contributed by atoms with E-state index in [0.717, 1.165) is 5.57 Å². The standard InChI is InChI=1S/C32H48O8/c1-18(34)40-27(2,3)14-13-24(37)31(8,39)26-21(35)15-29(6)22-11-9-19-20(10-12-23(36)28(19,4)5)32(22,17-33)25(38)16-30(26,29)7/h9,13-14,20-23,26,33,35-36,39H,10-12,15-17H2,1-8H3/b14-13+. The Morgan fingerprint density at radius 1 is 1.10 bits per heavy atom. The van der Waals surface area contributed by atoms with Gasteiger partial charge in [0, 0.05) is 24.7 Å². The number of fused-ring (bicyclic) bond motifs is 5. The van der Waals surface area contributed by atoms with Gasteiger partial charge in [-0.2, -0.15) is 0 Å². The van der Waals surface area contributed by atoms with Crippen molar-refractivity contribution in [3.8, 4) is 0 Å². The topological polar surface area (TPSA) is 141 Å². The molecule has 4 N–H and O–H groups in total. The Morgan fingerprint density at radius 2 is 1.73 bits per heavy atom. The number of aliphatic hydroxyl groups is 4. The summed E-state index contributed by atoms with van der Waals surface area (Å²) >= 11 is 0. The number of hydrogen-bond donors (Lipinski definition) is 4. The zero-order valence-electron chi connectivity index (χ0n) is 25.3. The summed E-state index contributed by atoms with van der Waals surface area (Å²) in [6.07, 6.45) is 5.10. The SMILES string of the molecule is CC(=O)OC(C)(C)/C=C/C(=O)C(C)(O)C1C(O)CC2(C)C3CC=C4C(CCC(O)C4(C)C)C3(CO)C(=O)CC12C. The van der Waals surface area contributed by atoms with Crippen LogP contribution in [-0.4, -0.2) is 68.0 Å². The third kappa shape index (κ3) is 4.19. The molecule has 0 amide bonds. The lowest BCUT2D eigenvalue weighted by Crippen LogP contribution is -2.66. The molecule has 8 nitrogen and oxygen atoms in total. The highest BCUT2D eigenvalue weighted by molar-refractivity contribution is 5.97. The number of ketones is 2. The first-order valence-corrected chi connectivity index (χ1v) is 14.6. The molecule has 0 spiro atoms. The molecule has 0 aromatic heterocycles. The van der Waals surface area contributed by atoms with Crippen molar-refractivity contribution in [2.24, 2.45) is 39.4 Å². The fourth-order valence-electron chi connectivity index (χ4n) is 9.56. The van der Waals surface area contributed by atoms with E-state index in [9.17, 15) is 34.8 Å². The van der Waals surface area contributed by atoms with Crippen LogP contribution in [0.2, 0.25) is 0 Å². The molecule has 4 aliphatic rings. The predicted octanol–water partition coefficient (Wildman–Crippen LogP) is 3.29. The monoisotopic (exact) mass is 560 g/mol. The van der Waals surface area contributed by atoms with Gasteiger partial charge in [0.15, 0.2) is 5.78 Å². The van der Waals surface area contributed by atoms with Crippen LogP contribution in [0.4, 0.5) is 0 Å². The molecular formula is C32H48O8. The number of rotatable bonds is 6. The molecule has 0 radical (unpaired) electrons. The van der Waals surface area contributed by atoms with Crippen molar-refractivity contribution in [1.82, 2.24) is 0 Å². The number of carbonyl (C=O) groups excluding carboxylic acids is 3. The van der Waals surface area contributed by atoms with Crippen molar-refractivity contribution < 1.29 is 39.5 Å². The molecule has 0 bridgehead atoms. The van der Waals surface area contributed by atoms with Crippen LogP contribution >= 0.6 is 0 Å². The first kappa shape index (κ1) is 31.1. The fraction of sp³-hybridized carbons (Fsp3) is 0.781. The van der Waals surface area contributed by atoms with Gasteiger partial charge in [0.1, 0.15) is 17.0 Å². The van der Waals surface area contributed by atoms with E-state index in [1.807, 2.05) is 27.7 Å². The van der Waals surface area contributed by atoms with Gasteiger partial charge in [0.25, 0.3) is 0 Å². The Bertz CT molecular complexity index is 1150. The van der Waals surface area contributed by atoms with Gasteiger partial charge in [-0.05, 0) is 81.3 Å². The van der Waals surface area contributed by atoms with E-state index in [2.05, 4.69) is 6.08 Å². The first-order valence-electron chi connectivity index (χ1n) is 14.6. The number of ether oxygens (including phenoxy) is 1. The van der Waals surface area contributed by atoms with Crippen molar-refractivity contribution in [1.29, 1.82) is 0 Å². The van der Waals surface area contributed by atoms with Crippen LogP contribution in [0, 0.1) is 39.4 Å². The molecule has 4 rings (SSSR count). The molecular weight excluding hydrogens is 512 g/mol. The van der Waals surface area contributed by atoms with E-state index in [1.165, 1.54) is 26.0 Å². The van der Waals surface area contributed by atoms with Crippen molar-refractivity contribution in [3.05, 3.63) is 23.8 Å². The smallest absolute Gasteiger partial charge is 0.303 e. The fourth-order valence-corrected chi connectivity index (χ4v) is 9.56. The van der Waals surface area contributed by atoms with Crippen LogP contribution in [0.15, 0.2) is 23.8 Å². The van der Waals surface area contributed by atoms with Crippen LogP contribution in [-0.2, 0) is 19.1 Å². The van der Waals surface area contributed by atoms with E-state index >= 15 is 0 Å². The number of carbonyl (C=O) groups is 3. The van der Waals surface area contributed by atoms with E-state index in [0.29, 0.717) is 19.3 Å². The average Bonchev–Trinajstić information content (AvgIpc) is 3.03. The number of aliphatic hydroxyl groups excluding tert-OH is 3. The minimum absolute atomic E-state index is 0.0150.